The van der Waals surface area contributed by atoms with Crippen molar-refractivity contribution in [1.82, 2.24) is 10.2 Å². The van der Waals surface area contributed by atoms with Crippen molar-refractivity contribution in [2.75, 3.05) is 19.6 Å². The molecule has 0 aliphatic carbocycles. The third-order valence-corrected chi connectivity index (χ3v) is 4.99. The van der Waals surface area contributed by atoms with Crippen LogP contribution in [-0.4, -0.2) is 30.6 Å². The summed E-state index contributed by atoms with van der Waals surface area (Å²) in [5.74, 6) is 0. The first-order chi connectivity index (χ1) is 9.69. The first-order valence-electron chi connectivity index (χ1n) is 7.58. The van der Waals surface area contributed by atoms with Crippen LogP contribution in [0.4, 0.5) is 0 Å². The molecule has 1 fully saturated rings. The molecule has 0 atom stereocenters. The Morgan fingerprint density at radius 3 is 2.75 bits per heavy atom. The van der Waals surface area contributed by atoms with Crippen LogP contribution in [0.2, 0.25) is 5.02 Å². The molecular formula is C16H24BrClN2. The van der Waals surface area contributed by atoms with Crippen molar-refractivity contribution < 1.29 is 0 Å². The molecule has 0 unspecified atom stereocenters. The smallest absolute Gasteiger partial charge is 0.0417 e. The van der Waals surface area contributed by atoms with Crippen molar-refractivity contribution >= 4 is 27.5 Å². The monoisotopic (exact) mass is 358 g/mol. The molecule has 20 heavy (non-hydrogen) atoms. The third kappa shape index (κ3) is 5.03. The van der Waals surface area contributed by atoms with E-state index < -0.39 is 0 Å². The number of unbranched alkanes of at least 4 members (excludes halogenated alkanes) is 1. The molecule has 0 radical (unpaired) electrons. The molecule has 0 aromatic heterocycles. The van der Waals surface area contributed by atoms with Gasteiger partial charge in [-0.15, -0.1) is 0 Å². The van der Waals surface area contributed by atoms with E-state index in [2.05, 4.69) is 39.1 Å². The Morgan fingerprint density at radius 1 is 1.35 bits per heavy atom. The van der Waals surface area contributed by atoms with Crippen LogP contribution in [0.3, 0.4) is 0 Å². The van der Waals surface area contributed by atoms with Crippen LogP contribution in [0.5, 0.6) is 0 Å². The van der Waals surface area contributed by atoms with Gasteiger partial charge in [0.2, 0.25) is 0 Å². The lowest BCUT2D eigenvalue weighted by Gasteiger charge is -2.32. The van der Waals surface area contributed by atoms with Crippen LogP contribution >= 0.6 is 27.5 Å². The molecule has 1 saturated heterocycles. The Hall–Kier alpha value is -0.0900. The SMILES string of the molecule is CCCCN1CCC(NCc2ccc(Cl)cc2Br)CC1. The van der Waals surface area contributed by atoms with E-state index in [0.29, 0.717) is 6.04 Å². The molecule has 0 bridgehead atoms. The van der Waals surface area contributed by atoms with Gasteiger partial charge in [-0.3, -0.25) is 0 Å². The summed E-state index contributed by atoms with van der Waals surface area (Å²) in [7, 11) is 0. The van der Waals surface area contributed by atoms with Gasteiger partial charge in [-0.05, 0) is 56.6 Å². The fourth-order valence-electron chi connectivity index (χ4n) is 2.66. The highest BCUT2D eigenvalue weighted by atomic mass is 79.9. The Bertz CT molecular complexity index is 417. The van der Waals surface area contributed by atoms with E-state index in [-0.39, 0.29) is 0 Å². The summed E-state index contributed by atoms with van der Waals surface area (Å²) in [6.07, 6.45) is 5.14. The number of piperidine rings is 1. The first-order valence-corrected chi connectivity index (χ1v) is 8.76. The summed E-state index contributed by atoms with van der Waals surface area (Å²) in [4.78, 5) is 2.60. The Kier molecular flexibility index (Phi) is 6.82. The van der Waals surface area contributed by atoms with Gasteiger partial charge in [-0.2, -0.15) is 0 Å². The predicted octanol–water partition coefficient (Wildman–Crippen LogP) is 4.46. The van der Waals surface area contributed by atoms with Gasteiger partial charge < -0.3 is 10.2 Å². The number of nitrogens with one attached hydrogen (secondary N) is 1. The molecule has 4 heteroatoms. The van der Waals surface area contributed by atoms with Gasteiger partial charge in [-0.25, -0.2) is 0 Å². The average molecular weight is 360 g/mol. The second kappa shape index (κ2) is 8.38. The topological polar surface area (TPSA) is 15.3 Å². The molecule has 1 heterocycles. The van der Waals surface area contributed by atoms with Gasteiger partial charge in [-0.1, -0.05) is 46.9 Å². The fraction of sp³-hybridized carbons (Fsp3) is 0.625. The highest BCUT2D eigenvalue weighted by molar-refractivity contribution is 9.10. The number of rotatable bonds is 6. The standard InChI is InChI=1S/C16H24BrClN2/c1-2-3-8-20-9-6-15(7-10-20)19-12-13-4-5-14(18)11-16(13)17/h4-5,11,15,19H,2-3,6-10,12H2,1H3. The van der Waals surface area contributed by atoms with Crippen molar-refractivity contribution in [2.24, 2.45) is 0 Å². The minimum atomic E-state index is 0.649. The predicted molar refractivity (Wildman–Crippen MR) is 90.4 cm³/mol. The summed E-state index contributed by atoms with van der Waals surface area (Å²) < 4.78 is 1.10. The maximum atomic E-state index is 5.97. The highest BCUT2D eigenvalue weighted by Gasteiger charge is 2.18. The van der Waals surface area contributed by atoms with Crippen LogP contribution in [-0.2, 0) is 6.54 Å². The summed E-state index contributed by atoms with van der Waals surface area (Å²) in [6.45, 7) is 6.92. The van der Waals surface area contributed by atoms with Gasteiger partial charge in [0.05, 0.1) is 0 Å². The molecule has 0 spiro atoms. The Morgan fingerprint density at radius 2 is 2.10 bits per heavy atom. The van der Waals surface area contributed by atoms with E-state index in [0.717, 1.165) is 16.0 Å². The quantitative estimate of drug-likeness (QED) is 0.807. The molecule has 1 N–H and O–H groups in total. The van der Waals surface area contributed by atoms with E-state index >= 15 is 0 Å². The first kappa shape index (κ1) is 16.3. The Balaban J connectivity index is 1.73. The van der Waals surface area contributed by atoms with Crippen LogP contribution in [0.1, 0.15) is 38.2 Å². The van der Waals surface area contributed by atoms with E-state index in [1.807, 2.05) is 12.1 Å². The molecule has 1 aromatic rings. The zero-order valence-corrected chi connectivity index (χ0v) is 14.5. The molecular weight excluding hydrogens is 336 g/mol. The molecule has 1 aliphatic rings. The lowest BCUT2D eigenvalue weighted by Crippen LogP contribution is -2.42. The summed E-state index contributed by atoms with van der Waals surface area (Å²) in [5, 5.41) is 4.46. The normalized spacial score (nSPS) is 17.6. The van der Waals surface area contributed by atoms with Gasteiger partial charge in [0.15, 0.2) is 0 Å². The second-order valence-corrected chi connectivity index (χ2v) is 6.88. The average Bonchev–Trinajstić information content (AvgIpc) is 2.45. The fourth-order valence-corrected chi connectivity index (χ4v) is 3.48. The minimum absolute atomic E-state index is 0.649. The third-order valence-electron chi connectivity index (χ3n) is 4.01. The minimum Gasteiger partial charge on any atom is -0.310 e. The summed E-state index contributed by atoms with van der Waals surface area (Å²) in [6, 6.07) is 6.66. The van der Waals surface area contributed by atoms with E-state index in [1.54, 1.807) is 0 Å². The van der Waals surface area contributed by atoms with Crippen molar-refractivity contribution in [2.45, 2.75) is 45.2 Å². The van der Waals surface area contributed by atoms with Crippen molar-refractivity contribution in [1.29, 1.82) is 0 Å². The van der Waals surface area contributed by atoms with Gasteiger partial charge in [0.1, 0.15) is 0 Å². The largest absolute Gasteiger partial charge is 0.310 e. The lowest BCUT2D eigenvalue weighted by molar-refractivity contribution is 0.195. The van der Waals surface area contributed by atoms with Crippen LogP contribution in [0.15, 0.2) is 22.7 Å². The maximum absolute atomic E-state index is 5.97. The van der Waals surface area contributed by atoms with Crippen LogP contribution in [0.25, 0.3) is 0 Å². The number of hydrogen-bond acceptors (Lipinski definition) is 2. The van der Waals surface area contributed by atoms with E-state index in [4.69, 9.17) is 11.6 Å². The summed E-state index contributed by atoms with van der Waals surface area (Å²) in [5.41, 5.74) is 1.28. The van der Waals surface area contributed by atoms with Gasteiger partial charge >= 0.3 is 0 Å². The molecule has 2 nitrogen and oxygen atoms in total. The zero-order chi connectivity index (χ0) is 14.4. The lowest BCUT2D eigenvalue weighted by atomic mass is 10.0. The molecule has 112 valence electrons. The number of hydrogen-bond donors (Lipinski definition) is 1. The van der Waals surface area contributed by atoms with Crippen molar-refractivity contribution in [3.05, 3.63) is 33.3 Å². The Labute approximate surface area is 136 Å². The molecule has 2 rings (SSSR count). The molecule has 1 aromatic carbocycles. The molecule has 0 saturated carbocycles. The molecule has 0 amide bonds. The highest BCUT2D eigenvalue weighted by Crippen LogP contribution is 2.22. The zero-order valence-electron chi connectivity index (χ0n) is 12.2. The maximum Gasteiger partial charge on any atom is 0.0417 e. The number of benzene rings is 1. The van der Waals surface area contributed by atoms with Crippen LogP contribution in [0, 0.1) is 0 Å². The van der Waals surface area contributed by atoms with Gasteiger partial charge in [0, 0.05) is 22.1 Å². The van der Waals surface area contributed by atoms with Crippen LogP contribution < -0.4 is 5.32 Å². The summed E-state index contributed by atoms with van der Waals surface area (Å²) >= 11 is 9.54. The number of halogens is 2. The van der Waals surface area contributed by atoms with Crippen molar-refractivity contribution in [3.8, 4) is 0 Å². The van der Waals surface area contributed by atoms with E-state index in [9.17, 15) is 0 Å². The number of likely N-dealkylation sites (tertiary alicyclic amines) is 1. The number of nitrogens with zero attached hydrogens (tertiary/aromatic N) is 1. The van der Waals surface area contributed by atoms with Crippen molar-refractivity contribution in [3.63, 3.8) is 0 Å². The van der Waals surface area contributed by atoms with Gasteiger partial charge in [0.25, 0.3) is 0 Å². The molecule has 1 aliphatic heterocycles. The second-order valence-electron chi connectivity index (χ2n) is 5.59. The van der Waals surface area contributed by atoms with E-state index in [1.165, 1.54) is 50.9 Å².